The van der Waals surface area contributed by atoms with E-state index in [2.05, 4.69) is 39.6 Å². The van der Waals surface area contributed by atoms with Gasteiger partial charge in [0.25, 0.3) is 5.91 Å². The molecule has 0 spiro atoms. The Morgan fingerprint density at radius 1 is 1.21 bits per heavy atom. The summed E-state index contributed by atoms with van der Waals surface area (Å²) >= 11 is 0. The summed E-state index contributed by atoms with van der Waals surface area (Å²) in [4.78, 5) is 17.1. The highest BCUT2D eigenvalue weighted by molar-refractivity contribution is 6.06. The first-order chi connectivity index (χ1) is 11.7. The Balaban J connectivity index is 1.73. The molecule has 3 rings (SSSR count). The molecule has 24 heavy (non-hydrogen) atoms. The SMILES string of the molecule is CCc1ccc2nc(C)cc(C(=O)NCCCn3cnnc3)c2c1. The molecule has 1 amide bonds. The second kappa shape index (κ2) is 7.21. The minimum absolute atomic E-state index is 0.0532. The molecular weight excluding hydrogens is 302 g/mol. The average Bonchev–Trinajstić information content (AvgIpc) is 3.10. The van der Waals surface area contributed by atoms with Gasteiger partial charge in [0.1, 0.15) is 12.7 Å². The van der Waals surface area contributed by atoms with E-state index in [1.165, 1.54) is 5.56 Å². The van der Waals surface area contributed by atoms with Gasteiger partial charge in [0, 0.05) is 24.2 Å². The molecule has 3 aromatic rings. The largest absolute Gasteiger partial charge is 0.352 e. The zero-order chi connectivity index (χ0) is 16.9. The summed E-state index contributed by atoms with van der Waals surface area (Å²) in [6.07, 6.45) is 5.11. The summed E-state index contributed by atoms with van der Waals surface area (Å²) < 4.78 is 1.89. The van der Waals surface area contributed by atoms with Gasteiger partial charge < -0.3 is 9.88 Å². The topological polar surface area (TPSA) is 72.7 Å². The molecule has 0 fully saturated rings. The second-order valence-electron chi connectivity index (χ2n) is 5.83. The van der Waals surface area contributed by atoms with Crippen molar-refractivity contribution >= 4 is 16.8 Å². The van der Waals surface area contributed by atoms with E-state index in [1.807, 2.05) is 23.6 Å². The number of aromatic nitrogens is 4. The Kier molecular flexibility index (Phi) is 4.84. The van der Waals surface area contributed by atoms with Gasteiger partial charge in [0.2, 0.25) is 0 Å². The molecule has 0 saturated carbocycles. The maximum absolute atomic E-state index is 12.6. The van der Waals surface area contributed by atoms with Crippen LogP contribution in [0, 0.1) is 6.92 Å². The number of carbonyl (C=O) groups excluding carboxylic acids is 1. The summed E-state index contributed by atoms with van der Waals surface area (Å²) in [7, 11) is 0. The summed E-state index contributed by atoms with van der Waals surface area (Å²) in [5.41, 5.74) is 3.61. The van der Waals surface area contributed by atoms with Crippen molar-refractivity contribution in [3.05, 3.63) is 53.7 Å². The lowest BCUT2D eigenvalue weighted by molar-refractivity contribution is 0.0954. The van der Waals surface area contributed by atoms with Crippen molar-refractivity contribution in [3.8, 4) is 0 Å². The molecule has 6 heteroatoms. The van der Waals surface area contributed by atoms with Crippen molar-refractivity contribution in [1.82, 2.24) is 25.1 Å². The maximum atomic E-state index is 12.6. The van der Waals surface area contributed by atoms with Gasteiger partial charge in [-0.3, -0.25) is 9.78 Å². The third-order valence-electron chi connectivity index (χ3n) is 4.00. The summed E-state index contributed by atoms with van der Waals surface area (Å²) in [6, 6.07) is 7.98. The van der Waals surface area contributed by atoms with Crippen molar-refractivity contribution in [1.29, 1.82) is 0 Å². The quantitative estimate of drug-likeness (QED) is 0.708. The van der Waals surface area contributed by atoms with Gasteiger partial charge in [0.15, 0.2) is 0 Å². The third-order valence-corrected chi connectivity index (χ3v) is 4.00. The maximum Gasteiger partial charge on any atom is 0.252 e. The molecule has 0 bridgehead atoms. The van der Waals surface area contributed by atoms with Gasteiger partial charge in [0.05, 0.1) is 11.1 Å². The van der Waals surface area contributed by atoms with Crippen LogP contribution in [0.25, 0.3) is 10.9 Å². The monoisotopic (exact) mass is 323 g/mol. The summed E-state index contributed by atoms with van der Waals surface area (Å²) in [6.45, 7) is 5.40. The Morgan fingerprint density at radius 3 is 2.75 bits per heavy atom. The molecule has 0 aliphatic carbocycles. The molecule has 0 atom stereocenters. The molecule has 0 radical (unpaired) electrons. The number of hydrogen-bond acceptors (Lipinski definition) is 4. The van der Waals surface area contributed by atoms with Crippen LogP contribution in [0.5, 0.6) is 0 Å². The van der Waals surface area contributed by atoms with Crippen molar-refractivity contribution in [2.24, 2.45) is 0 Å². The number of aryl methyl sites for hydroxylation is 3. The van der Waals surface area contributed by atoms with E-state index in [1.54, 1.807) is 12.7 Å². The predicted molar refractivity (Wildman–Crippen MR) is 92.8 cm³/mol. The Morgan fingerprint density at radius 2 is 2.00 bits per heavy atom. The van der Waals surface area contributed by atoms with E-state index in [-0.39, 0.29) is 5.91 Å². The van der Waals surface area contributed by atoms with E-state index in [0.29, 0.717) is 12.1 Å². The number of pyridine rings is 1. The molecule has 2 aromatic heterocycles. The first kappa shape index (κ1) is 16.1. The molecule has 0 aliphatic heterocycles. The van der Waals surface area contributed by atoms with Crippen molar-refractivity contribution < 1.29 is 4.79 Å². The van der Waals surface area contributed by atoms with Crippen LogP contribution in [0.4, 0.5) is 0 Å². The lowest BCUT2D eigenvalue weighted by Gasteiger charge is -2.10. The minimum Gasteiger partial charge on any atom is -0.352 e. The van der Waals surface area contributed by atoms with Crippen LogP contribution in [-0.2, 0) is 13.0 Å². The summed E-state index contributed by atoms with van der Waals surface area (Å²) in [5, 5.41) is 11.4. The van der Waals surface area contributed by atoms with Crippen molar-refractivity contribution in [3.63, 3.8) is 0 Å². The lowest BCUT2D eigenvalue weighted by atomic mass is 10.0. The molecular formula is C18H21N5O. The van der Waals surface area contributed by atoms with Gasteiger partial charge >= 0.3 is 0 Å². The van der Waals surface area contributed by atoms with Crippen LogP contribution in [0.1, 0.15) is 35.0 Å². The van der Waals surface area contributed by atoms with E-state index >= 15 is 0 Å². The molecule has 0 aliphatic rings. The zero-order valence-corrected chi connectivity index (χ0v) is 14.0. The van der Waals surface area contributed by atoms with E-state index < -0.39 is 0 Å². The number of nitrogens with zero attached hydrogens (tertiary/aromatic N) is 4. The molecule has 1 N–H and O–H groups in total. The van der Waals surface area contributed by atoms with Crippen LogP contribution >= 0.6 is 0 Å². The first-order valence-corrected chi connectivity index (χ1v) is 8.18. The lowest BCUT2D eigenvalue weighted by Crippen LogP contribution is -2.25. The zero-order valence-electron chi connectivity index (χ0n) is 14.0. The minimum atomic E-state index is -0.0532. The standard InChI is InChI=1S/C18H21N5O/c1-3-14-5-6-17-15(10-14)16(9-13(2)22-17)18(24)19-7-4-8-23-11-20-21-12-23/h5-6,9-12H,3-4,7-8H2,1-2H3,(H,19,24). The van der Waals surface area contributed by atoms with Gasteiger partial charge in [-0.15, -0.1) is 10.2 Å². The second-order valence-corrected chi connectivity index (χ2v) is 5.83. The Labute approximate surface area is 140 Å². The molecule has 124 valence electrons. The van der Waals surface area contributed by atoms with E-state index in [0.717, 1.165) is 36.0 Å². The van der Waals surface area contributed by atoms with Crippen LogP contribution in [0.3, 0.4) is 0 Å². The highest BCUT2D eigenvalue weighted by Gasteiger charge is 2.12. The van der Waals surface area contributed by atoms with Gasteiger partial charge in [-0.25, -0.2) is 0 Å². The van der Waals surface area contributed by atoms with Gasteiger partial charge in [-0.1, -0.05) is 13.0 Å². The highest BCUT2D eigenvalue weighted by Crippen LogP contribution is 2.20. The van der Waals surface area contributed by atoms with Crippen LogP contribution in [-0.4, -0.2) is 32.2 Å². The number of hydrogen-bond donors (Lipinski definition) is 1. The number of fused-ring (bicyclic) bond motifs is 1. The normalized spacial score (nSPS) is 10.9. The van der Waals surface area contributed by atoms with Crippen LogP contribution in [0.15, 0.2) is 36.9 Å². The smallest absolute Gasteiger partial charge is 0.252 e. The molecule has 1 aromatic carbocycles. The fourth-order valence-electron chi connectivity index (χ4n) is 2.71. The van der Waals surface area contributed by atoms with Crippen LogP contribution in [0.2, 0.25) is 0 Å². The number of rotatable bonds is 6. The molecule has 6 nitrogen and oxygen atoms in total. The number of amides is 1. The van der Waals surface area contributed by atoms with E-state index in [4.69, 9.17) is 0 Å². The Bertz CT molecular complexity index is 842. The first-order valence-electron chi connectivity index (χ1n) is 8.18. The number of benzene rings is 1. The third kappa shape index (κ3) is 3.59. The van der Waals surface area contributed by atoms with Crippen molar-refractivity contribution in [2.75, 3.05) is 6.54 Å². The fraction of sp³-hybridized carbons (Fsp3) is 0.333. The van der Waals surface area contributed by atoms with Gasteiger partial charge in [-0.2, -0.15) is 0 Å². The number of nitrogens with one attached hydrogen (secondary N) is 1. The summed E-state index contributed by atoms with van der Waals surface area (Å²) in [5.74, 6) is -0.0532. The average molecular weight is 323 g/mol. The van der Waals surface area contributed by atoms with E-state index in [9.17, 15) is 4.79 Å². The number of carbonyl (C=O) groups is 1. The van der Waals surface area contributed by atoms with Crippen LogP contribution < -0.4 is 5.32 Å². The van der Waals surface area contributed by atoms with Crippen molar-refractivity contribution in [2.45, 2.75) is 33.2 Å². The highest BCUT2D eigenvalue weighted by atomic mass is 16.1. The molecule has 2 heterocycles. The fourth-order valence-corrected chi connectivity index (χ4v) is 2.71. The Hall–Kier alpha value is -2.76. The predicted octanol–water partition coefficient (Wildman–Crippen LogP) is 2.52. The molecule has 0 saturated heterocycles. The molecule has 0 unspecified atom stereocenters. The van der Waals surface area contributed by atoms with Gasteiger partial charge in [-0.05, 0) is 43.5 Å².